The molecule has 3 aromatic rings. The van der Waals surface area contributed by atoms with Crippen molar-refractivity contribution in [3.63, 3.8) is 0 Å². The zero-order valence-electron chi connectivity index (χ0n) is 13.4. The van der Waals surface area contributed by atoms with Crippen LogP contribution in [0, 0.1) is 13.8 Å². The SMILES string of the molecule is Cc1ccc(Nc2nc3ncc4c(c3c(=O)[nH]2)CCC4=O)c(C)c1. The van der Waals surface area contributed by atoms with Gasteiger partial charge in [0.15, 0.2) is 11.4 Å². The Balaban J connectivity index is 1.82. The number of aromatic amines is 1. The molecule has 2 N–H and O–H groups in total. The summed E-state index contributed by atoms with van der Waals surface area (Å²) in [6, 6.07) is 5.99. The van der Waals surface area contributed by atoms with Gasteiger partial charge in [0.1, 0.15) is 0 Å². The second kappa shape index (κ2) is 5.26. The topological polar surface area (TPSA) is 87.7 Å². The number of nitrogens with one attached hydrogen (secondary N) is 2. The molecule has 0 bridgehead atoms. The Hall–Kier alpha value is -3.02. The number of aromatic nitrogens is 3. The summed E-state index contributed by atoms with van der Waals surface area (Å²) >= 11 is 0. The third-order valence-corrected chi connectivity index (χ3v) is 4.38. The monoisotopic (exact) mass is 320 g/mol. The van der Waals surface area contributed by atoms with Crippen LogP contribution in [0.5, 0.6) is 0 Å². The summed E-state index contributed by atoms with van der Waals surface area (Å²) < 4.78 is 0. The minimum absolute atomic E-state index is 0.0382. The standard InChI is InChI=1S/C18H16N4O2/c1-9-3-5-13(10(2)7-9)20-18-21-16-15(17(24)22-18)11-4-6-14(23)12(11)8-19-16/h3,5,7-8H,4,6H2,1-2H3,(H2,19,20,21,22,24). The Morgan fingerprint density at radius 1 is 1.17 bits per heavy atom. The molecule has 0 aliphatic heterocycles. The number of rotatable bonds is 2. The molecule has 24 heavy (non-hydrogen) atoms. The Morgan fingerprint density at radius 2 is 2.00 bits per heavy atom. The maximum Gasteiger partial charge on any atom is 0.262 e. The molecule has 2 aromatic heterocycles. The molecule has 120 valence electrons. The number of hydrogen-bond donors (Lipinski definition) is 2. The van der Waals surface area contributed by atoms with E-state index in [1.165, 1.54) is 11.8 Å². The van der Waals surface area contributed by atoms with E-state index in [0.717, 1.165) is 16.8 Å². The maximum atomic E-state index is 12.5. The van der Waals surface area contributed by atoms with E-state index in [2.05, 4.69) is 26.3 Å². The molecular weight excluding hydrogens is 304 g/mol. The van der Waals surface area contributed by atoms with Gasteiger partial charge < -0.3 is 5.32 Å². The highest BCUT2D eigenvalue weighted by Gasteiger charge is 2.24. The van der Waals surface area contributed by atoms with Crippen LogP contribution in [0.2, 0.25) is 0 Å². The zero-order chi connectivity index (χ0) is 16.8. The molecule has 0 atom stereocenters. The van der Waals surface area contributed by atoms with Gasteiger partial charge in [-0.05, 0) is 37.5 Å². The van der Waals surface area contributed by atoms with E-state index in [9.17, 15) is 9.59 Å². The first-order chi connectivity index (χ1) is 11.5. The van der Waals surface area contributed by atoms with Crippen molar-refractivity contribution in [2.45, 2.75) is 26.7 Å². The third-order valence-electron chi connectivity index (χ3n) is 4.38. The lowest BCUT2D eigenvalue weighted by Crippen LogP contribution is -2.14. The summed E-state index contributed by atoms with van der Waals surface area (Å²) in [5.74, 6) is 0.382. The maximum absolute atomic E-state index is 12.5. The van der Waals surface area contributed by atoms with Crippen molar-refractivity contribution in [2.24, 2.45) is 0 Å². The van der Waals surface area contributed by atoms with E-state index in [-0.39, 0.29) is 11.3 Å². The van der Waals surface area contributed by atoms with Crippen LogP contribution in [0.3, 0.4) is 0 Å². The number of Topliss-reactive ketones (excluding diaryl/α,β-unsaturated/α-hetero) is 1. The predicted molar refractivity (Wildman–Crippen MR) is 92.0 cm³/mol. The van der Waals surface area contributed by atoms with Crippen molar-refractivity contribution in [3.05, 3.63) is 57.0 Å². The van der Waals surface area contributed by atoms with Crippen LogP contribution >= 0.6 is 0 Å². The first kappa shape index (κ1) is 14.6. The summed E-state index contributed by atoms with van der Waals surface area (Å²) in [6.45, 7) is 4.02. The van der Waals surface area contributed by atoms with Crippen LogP contribution in [-0.2, 0) is 6.42 Å². The highest BCUT2D eigenvalue weighted by Crippen LogP contribution is 2.26. The second-order valence-electron chi connectivity index (χ2n) is 6.13. The largest absolute Gasteiger partial charge is 0.325 e. The van der Waals surface area contributed by atoms with E-state index in [0.29, 0.717) is 35.4 Å². The van der Waals surface area contributed by atoms with Crippen LogP contribution in [0.25, 0.3) is 11.0 Å². The lowest BCUT2D eigenvalue weighted by Gasteiger charge is -2.10. The van der Waals surface area contributed by atoms with Crippen LogP contribution in [0.1, 0.15) is 33.5 Å². The van der Waals surface area contributed by atoms with Gasteiger partial charge in [-0.3, -0.25) is 14.6 Å². The molecule has 0 unspecified atom stereocenters. The molecule has 2 heterocycles. The van der Waals surface area contributed by atoms with Gasteiger partial charge in [0, 0.05) is 23.9 Å². The number of aryl methyl sites for hydroxylation is 3. The van der Waals surface area contributed by atoms with Gasteiger partial charge in [0.05, 0.1) is 5.39 Å². The molecule has 0 radical (unpaired) electrons. The lowest BCUT2D eigenvalue weighted by molar-refractivity contribution is 0.0994. The molecule has 1 aromatic carbocycles. The summed E-state index contributed by atoms with van der Waals surface area (Å²) in [5, 5.41) is 3.56. The normalized spacial score (nSPS) is 13.3. The summed E-state index contributed by atoms with van der Waals surface area (Å²) in [7, 11) is 0. The first-order valence-electron chi connectivity index (χ1n) is 7.82. The van der Waals surface area contributed by atoms with E-state index in [4.69, 9.17) is 0 Å². The number of H-pyrrole nitrogens is 1. The average molecular weight is 320 g/mol. The Morgan fingerprint density at radius 3 is 2.79 bits per heavy atom. The molecule has 0 amide bonds. The second-order valence-corrected chi connectivity index (χ2v) is 6.13. The fourth-order valence-corrected chi connectivity index (χ4v) is 3.18. The molecule has 0 saturated heterocycles. The average Bonchev–Trinajstić information content (AvgIpc) is 2.91. The number of carbonyl (C=O) groups is 1. The minimum Gasteiger partial charge on any atom is -0.325 e. The summed E-state index contributed by atoms with van der Waals surface area (Å²) in [4.78, 5) is 35.7. The van der Waals surface area contributed by atoms with Gasteiger partial charge in [0.25, 0.3) is 5.56 Å². The van der Waals surface area contributed by atoms with Crippen molar-refractivity contribution in [1.82, 2.24) is 15.0 Å². The molecule has 6 heteroatoms. The zero-order valence-corrected chi connectivity index (χ0v) is 13.4. The van der Waals surface area contributed by atoms with Gasteiger partial charge in [-0.1, -0.05) is 17.7 Å². The number of benzene rings is 1. The minimum atomic E-state index is -0.272. The number of fused-ring (bicyclic) bond motifs is 3. The number of nitrogens with zero attached hydrogens (tertiary/aromatic N) is 2. The summed E-state index contributed by atoms with van der Waals surface area (Å²) in [5.41, 5.74) is 4.50. The quantitative estimate of drug-likeness (QED) is 0.758. The van der Waals surface area contributed by atoms with Gasteiger partial charge in [0.2, 0.25) is 5.95 Å². The molecule has 1 aliphatic rings. The van der Waals surface area contributed by atoms with Crippen molar-refractivity contribution in [1.29, 1.82) is 0 Å². The number of hydrogen-bond acceptors (Lipinski definition) is 5. The van der Waals surface area contributed by atoms with Gasteiger partial charge in [-0.2, -0.15) is 4.98 Å². The molecule has 0 spiro atoms. The number of anilines is 2. The molecule has 4 rings (SSSR count). The fourth-order valence-electron chi connectivity index (χ4n) is 3.18. The van der Waals surface area contributed by atoms with Crippen LogP contribution in [-0.4, -0.2) is 20.7 Å². The first-order valence-corrected chi connectivity index (χ1v) is 7.82. The molecule has 1 aliphatic carbocycles. The smallest absolute Gasteiger partial charge is 0.262 e. The Bertz CT molecular complexity index is 1050. The van der Waals surface area contributed by atoms with Crippen molar-refractivity contribution >= 4 is 28.5 Å². The highest BCUT2D eigenvalue weighted by atomic mass is 16.1. The van der Waals surface area contributed by atoms with E-state index < -0.39 is 0 Å². The van der Waals surface area contributed by atoms with Crippen molar-refractivity contribution in [3.8, 4) is 0 Å². The molecule has 0 saturated carbocycles. The Labute approximate surface area is 138 Å². The number of carbonyl (C=O) groups excluding carboxylic acids is 1. The van der Waals surface area contributed by atoms with Crippen LogP contribution < -0.4 is 10.9 Å². The van der Waals surface area contributed by atoms with E-state index in [1.54, 1.807) is 0 Å². The van der Waals surface area contributed by atoms with Crippen LogP contribution in [0.15, 0.2) is 29.2 Å². The number of pyridine rings is 1. The van der Waals surface area contributed by atoms with Gasteiger partial charge >= 0.3 is 0 Å². The van der Waals surface area contributed by atoms with Gasteiger partial charge in [-0.25, -0.2) is 4.98 Å². The van der Waals surface area contributed by atoms with E-state index >= 15 is 0 Å². The van der Waals surface area contributed by atoms with Crippen molar-refractivity contribution in [2.75, 3.05) is 5.32 Å². The summed E-state index contributed by atoms with van der Waals surface area (Å²) in [6.07, 6.45) is 2.53. The van der Waals surface area contributed by atoms with Gasteiger partial charge in [-0.15, -0.1) is 0 Å². The molecular formula is C18H16N4O2. The lowest BCUT2D eigenvalue weighted by atomic mass is 10.1. The number of ketones is 1. The Kier molecular flexibility index (Phi) is 3.19. The highest BCUT2D eigenvalue weighted by molar-refractivity contribution is 6.04. The van der Waals surface area contributed by atoms with Crippen LogP contribution in [0.4, 0.5) is 11.6 Å². The molecule has 6 nitrogen and oxygen atoms in total. The predicted octanol–water partition coefficient (Wildman–Crippen LogP) is 2.81. The molecule has 0 fully saturated rings. The fraction of sp³-hybridized carbons (Fsp3) is 0.222. The van der Waals surface area contributed by atoms with E-state index in [1.807, 2.05) is 26.0 Å². The van der Waals surface area contributed by atoms with Crippen molar-refractivity contribution < 1.29 is 4.79 Å². The third kappa shape index (κ3) is 2.27.